The van der Waals surface area contributed by atoms with E-state index in [4.69, 9.17) is 4.74 Å². The first-order valence-electron chi connectivity index (χ1n) is 10.1. The van der Waals surface area contributed by atoms with Crippen LogP contribution in [0.5, 0.6) is 5.75 Å². The van der Waals surface area contributed by atoms with Crippen LogP contribution in [0.4, 0.5) is 0 Å². The minimum Gasteiger partial charge on any atom is -0.496 e. The van der Waals surface area contributed by atoms with Gasteiger partial charge in [-0.25, -0.2) is 0 Å². The molecule has 0 saturated heterocycles. The smallest absolute Gasteiger partial charge is 0.223 e. The summed E-state index contributed by atoms with van der Waals surface area (Å²) in [6.45, 7) is 2.93. The number of amides is 1. The first-order valence-corrected chi connectivity index (χ1v) is 10.1. The summed E-state index contributed by atoms with van der Waals surface area (Å²) in [5, 5.41) is 6.60. The number of nitrogens with zero attached hydrogens (tertiary/aromatic N) is 2. The molecule has 0 aromatic heterocycles. The predicted molar refractivity (Wildman–Crippen MR) is 116 cm³/mol. The number of rotatable bonds is 8. The van der Waals surface area contributed by atoms with Crippen LogP contribution in [0.1, 0.15) is 29.5 Å². The van der Waals surface area contributed by atoms with E-state index in [9.17, 15) is 4.79 Å². The minimum atomic E-state index is 0.210. The molecule has 0 bridgehead atoms. The lowest BCUT2D eigenvalue weighted by Crippen LogP contribution is -2.39. The molecule has 0 fully saturated rings. The number of aliphatic imine (C=N–C) groups is 1. The molecule has 1 heterocycles. The maximum atomic E-state index is 12.5. The van der Waals surface area contributed by atoms with Crippen molar-refractivity contribution in [1.29, 1.82) is 0 Å². The highest BCUT2D eigenvalue weighted by molar-refractivity contribution is 5.80. The molecule has 0 atom stereocenters. The molecule has 1 aliphatic rings. The SMILES string of the molecule is CN=C(NCCCC(=O)N1Cc2ccccc2C1)NCCc1ccccc1OC. The molecule has 6 heteroatoms. The largest absolute Gasteiger partial charge is 0.496 e. The van der Waals surface area contributed by atoms with Gasteiger partial charge < -0.3 is 20.3 Å². The molecule has 6 nitrogen and oxygen atoms in total. The van der Waals surface area contributed by atoms with Crippen LogP contribution in [0, 0.1) is 0 Å². The summed E-state index contributed by atoms with van der Waals surface area (Å²) in [6, 6.07) is 16.3. The Bertz CT molecular complexity index is 825. The zero-order valence-corrected chi connectivity index (χ0v) is 17.3. The van der Waals surface area contributed by atoms with E-state index in [1.54, 1.807) is 14.2 Å². The Morgan fingerprint density at radius 1 is 1.03 bits per heavy atom. The molecular weight excluding hydrogens is 364 g/mol. The molecular formula is C23H30N4O2. The van der Waals surface area contributed by atoms with Crippen molar-refractivity contribution in [3.8, 4) is 5.75 Å². The van der Waals surface area contributed by atoms with E-state index in [-0.39, 0.29) is 5.91 Å². The zero-order chi connectivity index (χ0) is 20.5. The fourth-order valence-electron chi connectivity index (χ4n) is 3.56. The maximum absolute atomic E-state index is 12.5. The fourth-order valence-corrected chi connectivity index (χ4v) is 3.56. The summed E-state index contributed by atoms with van der Waals surface area (Å²) in [4.78, 5) is 18.6. The van der Waals surface area contributed by atoms with Crippen molar-refractivity contribution in [2.75, 3.05) is 27.2 Å². The topological polar surface area (TPSA) is 66.0 Å². The van der Waals surface area contributed by atoms with Crippen molar-refractivity contribution in [1.82, 2.24) is 15.5 Å². The van der Waals surface area contributed by atoms with Crippen molar-refractivity contribution >= 4 is 11.9 Å². The molecule has 29 heavy (non-hydrogen) atoms. The highest BCUT2D eigenvalue weighted by atomic mass is 16.5. The van der Waals surface area contributed by atoms with Crippen molar-refractivity contribution in [2.24, 2.45) is 4.99 Å². The molecule has 1 amide bonds. The van der Waals surface area contributed by atoms with Crippen LogP contribution in [-0.4, -0.2) is 44.0 Å². The Morgan fingerprint density at radius 3 is 2.38 bits per heavy atom. The molecule has 0 spiro atoms. The Hall–Kier alpha value is -3.02. The number of hydrogen-bond donors (Lipinski definition) is 2. The van der Waals surface area contributed by atoms with Gasteiger partial charge in [-0.2, -0.15) is 0 Å². The second-order valence-corrected chi connectivity index (χ2v) is 7.11. The van der Waals surface area contributed by atoms with Gasteiger partial charge in [-0.15, -0.1) is 0 Å². The number of hydrogen-bond acceptors (Lipinski definition) is 3. The summed E-state index contributed by atoms with van der Waals surface area (Å²) in [7, 11) is 3.44. The van der Waals surface area contributed by atoms with E-state index < -0.39 is 0 Å². The van der Waals surface area contributed by atoms with Crippen LogP contribution < -0.4 is 15.4 Å². The molecule has 0 saturated carbocycles. The third-order valence-corrected chi connectivity index (χ3v) is 5.16. The van der Waals surface area contributed by atoms with Crippen LogP contribution in [0.15, 0.2) is 53.5 Å². The molecule has 154 valence electrons. The lowest BCUT2D eigenvalue weighted by molar-refractivity contribution is -0.131. The summed E-state index contributed by atoms with van der Waals surface area (Å²) in [5.74, 6) is 1.86. The van der Waals surface area contributed by atoms with Crippen LogP contribution in [0.25, 0.3) is 0 Å². The molecule has 1 aliphatic heterocycles. The van der Waals surface area contributed by atoms with Gasteiger partial charge in [-0.05, 0) is 35.6 Å². The zero-order valence-electron chi connectivity index (χ0n) is 17.3. The number of carbonyl (C=O) groups excluding carboxylic acids is 1. The monoisotopic (exact) mass is 394 g/mol. The molecule has 2 aromatic carbocycles. The second kappa shape index (κ2) is 10.5. The van der Waals surface area contributed by atoms with Crippen LogP contribution in [-0.2, 0) is 24.3 Å². The number of nitrogens with one attached hydrogen (secondary N) is 2. The van der Waals surface area contributed by atoms with E-state index in [0.29, 0.717) is 13.0 Å². The standard InChI is InChI=1S/C23H30N4O2/c1-24-23(26-15-13-18-8-5-6-11-21(18)29-2)25-14-7-12-22(28)27-16-19-9-3-4-10-20(19)17-27/h3-6,8-11H,7,12-17H2,1-2H3,(H2,24,25,26). The first-order chi connectivity index (χ1) is 14.2. The van der Waals surface area contributed by atoms with E-state index in [0.717, 1.165) is 49.7 Å². The third kappa shape index (κ3) is 5.73. The van der Waals surface area contributed by atoms with Gasteiger partial charge in [0.05, 0.1) is 7.11 Å². The number of para-hydroxylation sites is 1. The van der Waals surface area contributed by atoms with Crippen LogP contribution in [0.2, 0.25) is 0 Å². The summed E-state index contributed by atoms with van der Waals surface area (Å²) >= 11 is 0. The number of guanidine groups is 1. The Kier molecular flexibility index (Phi) is 7.50. The number of carbonyl (C=O) groups is 1. The van der Waals surface area contributed by atoms with Crippen LogP contribution >= 0.6 is 0 Å². The summed E-state index contributed by atoms with van der Waals surface area (Å²) in [5.41, 5.74) is 3.69. The van der Waals surface area contributed by atoms with Gasteiger partial charge in [0.2, 0.25) is 5.91 Å². The highest BCUT2D eigenvalue weighted by Gasteiger charge is 2.22. The quantitative estimate of drug-likeness (QED) is 0.410. The molecule has 0 aliphatic carbocycles. The van der Waals surface area contributed by atoms with Crippen LogP contribution in [0.3, 0.4) is 0 Å². The molecule has 0 unspecified atom stereocenters. The average Bonchev–Trinajstić information content (AvgIpc) is 3.20. The van der Waals surface area contributed by atoms with Crippen molar-refractivity contribution in [3.63, 3.8) is 0 Å². The number of benzene rings is 2. The van der Waals surface area contributed by atoms with E-state index in [1.165, 1.54) is 11.1 Å². The normalized spacial score (nSPS) is 13.2. The average molecular weight is 395 g/mol. The van der Waals surface area contributed by atoms with Gasteiger partial charge in [0, 0.05) is 39.6 Å². The van der Waals surface area contributed by atoms with Gasteiger partial charge in [0.1, 0.15) is 5.75 Å². The van der Waals surface area contributed by atoms with E-state index >= 15 is 0 Å². The van der Waals surface area contributed by atoms with Gasteiger partial charge in [-0.3, -0.25) is 9.79 Å². The third-order valence-electron chi connectivity index (χ3n) is 5.16. The van der Waals surface area contributed by atoms with E-state index in [2.05, 4.69) is 33.8 Å². The van der Waals surface area contributed by atoms with E-state index in [1.807, 2.05) is 35.2 Å². The molecule has 3 rings (SSSR count). The van der Waals surface area contributed by atoms with Gasteiger partial charge >= 0.3 is 0 Å². The lowest BCUT2D eigenvalue weighted by atomic mass is 10.1. The molecule has 0 radical (unpaired) electrons. The fraction of sp³-hybridized carbons (Fsp3) is 0.391. The van der Waals surface area contributed by atoms with Gasteiger partial charge in [0.15, 0.2) is 5.96 Å². The molecule has 2 N–H and O–H groups in total. The summed E-state index contributed by atoms with van der Waals surface area (Å²) < 4.78 is 5.38. The second-order valence-electron chi connectivity index (χ2n) is 7.11. The van der Waals surface area contributed by atoms with Crippen molar-refractivity contribution in [3.05, 3.63) is 65.2 Å². The number of ether oxygens (including phenoxy) is 1. The Labute approximate surface area is 173 Å². The number of fused-ring (bicyclic) bond motifs is 1. The highest BCUT2D eigenvalue weighted by Crippen LogP contribution is 2.22. The Balaban J connectivity index is 1.33. The van der Waals surface area contributed by atoms with Crippen molar-refractivity contribution in [2.45, 2.75) is 32.4 Å². The lowest BCUT2D eigenvalue weighted by Gasteiger charge is -2.16. The molecule has 2 aromatic rings. The Morgan fingerprint density at radius 2 is 1.69 bits per heavy atom. The maximum Gasteiger partial charge on any atom is 0.223 e. The minimum absolute atomic E-state index is 0.210. The first kappa shape index (κ1) is 20.7. The number of methoxy groups -OCH3 is 1. The van der Waals surface area contributed by atoms with Gasteiger partial charge in [-0.1, -0.05) is 42.5 Å². The van der Waals surface area contributed by atoms with Crippen molar-refractivity contribution < 1.29 is 9.53 Å². The summed E-state index contributed by atoms with van der Waals surface area (Å²) in [6.07, 6.45) is 2.16. The van der Waals surface area contributed by atoms with Gasteiger partial charge in [0.25, 0.3) is 0 Å². The predicted octanol–water partition coefficient (Wildman–Crippen LogP) is 2.73.